The number of aromatic nitrogens is 2. The summed E-state index contributed by atoms with van der Waals surface area (Å²) in [6.45, 7) is 6.03. The van der Waals surface area contributed by atoms with Crippen LogP contribution in [-0.4, -0.2) is 74.9 Å². The first-order valence-electron chi connectivity index (χ1n) is 11.2. The number of rotatable bonds is 7. The lowest BCUT2D eigenvalue weighted by Crippen LogP contribution is -2.44. The average molecular weight is 482 g/mol. The number of nitrogens with one attached hydrogen (secondary N) is 2. The molecule has 1 aliphatic heterocycles. The van der Waals surface area contributed by atoms with E-state index >= 15 is 0 Å². The van der Waals surface area contributed by atoms with Crippen LogP contribution in [0, 0.1) is 6.92 Å². The quantitative estimate of drug-likeness (QED) is 0.531. The Labute approximate surface area is 201 Å². The van der Waals surface area contributed by atoms with Gasteiger partial charge in [0.25, 0.3) is 0 Å². The molecule has 180 valence electrons. The molecule has 9 nitrogen and oxygen atoms in total. The molecule has 1 fully saturated rings. The lowest BCUT2D eigenvalue weighted by Gasteiger charge is -2.34. The van der Waals surface area contributed by atoms with Gasteiger partial charge in [-0.1, -0.05) is 12.1 Å². The first-order chi connectivity index (χ1) is 16.2. The van der Waals surface area contributed by atoms with Crippen molar-refractivity contribution in [3.63, 3.8) is 0 Å². The van der Waals surface area contributed by atoms with Crippen LogP contribution in [0.2, 0.25) is 0 Å². The summed E-state index contributed by atoms with van der Waals surface area (Å²) in [5, 5.41) is 6.42. The summed E-state index contributed by atoms with van der Waals surface area (Å²) in [7, 11) is 1.56. The van der Waals surface area contributed by atoms with Crippen LogP contribution in [0.5, 0.6) is 0 Å². The zero-order valence-corrected chi connectivity index (χ0v) is 20.8. The van der Waals surface area contributed by atoms with Crippen molar-refractivity contribution in [1.82, 2.24) is 19.2 Å². The Bertz CT molecular complexity index is 1240. The van der Waals surface area contributed by atoms with Crippen LogP contribution in [0.1, 0.15) is 5.56 Å². The molecular formula is C24H31N7O2S. The number of hydrogen-bond donors (Lipinski definition) is 2. The van der Waals surface area contributed by atoms with Crippen molar-refractivity contribution in [2.24, 2.45) is 0 Å². The lowest BCUT2D eigenvalue weighted by atomic mass is 10.2. The molecule has 0 spiro atoms. The molecule has 0 amide bonds. The highest BCUT2D eigenvalue weighted by atomic mass is 32.2. The van der Waals surface area contributed by atoms with E-state index in [4.69, 9.17) is 0 Å². The first-order valence-corrected chi connectivity index (χ1v) is 12.6. The fraction of sp³-hybridized carbons (Fsp3) is 0.333. The van der Waals surface area contributed by atoms with Gasteiger partial charge in [-0.2, -0.15) is 4.98 Å². The summed E-state index contributed by atoms with van der Waals surface area (Å²) < 4.78 is 26.7. The molecule has 4 rings (SSSR count). The van der Waals surface area contributed by atoms with Crippen LogP contribution >= 0.6 is 0 Å². The maximum atomic E-state index is 12.7. The second kappa shape index (κ2) is 9.96. The van der Waals surface area contributed by atoms with E-state index < -0.39 is 10.0 Å². The van der Waals surface area contributed by atoms with E-state index in [1.807, 2.05) is 19.1 Å². The molecule has 3 aromatic rings. The van der Waals surface area contributed by atoms with Crippen LogP contribution in [0.4, 0.5) is 28.8 Å². The van der Waals surface area contributed by atoms with Gasteiger partial charge in [0.15, 0.2) is 0 Å². The van der Waals surface area contributed by atoms with Gasteiger partial charge in [0.2, 0.25) is 16.0 Å². The van der Waals surface area contributed by atoms with Gasteiger partial charge in [-0.05, 0) is 50.4 Å². The summed E-state index contributed by atoms with van der Waals surface area (Å²) in [5.74, 6) is 0.960. The molecular weight excluding hydrogens is 450 g/mol. The third-order valence-electron chi connectivity index (χ3n) is 5.86. The zero-order valence-electron chi connectivity index (χ0n) is 20.0. The van der Waals surface area contributed by atoms with Gasteiger partial charge in [0.05, 0.1) is 5.69 Å². The predicted octanol–water partition coefficient (Wildman–Crippen LogP) is 3.27. The third kappa shape index (κ3) is 5.30. The Kier molecular flexibility index (Phi) is 7.01. The largest absolute Gasteiger partial charge is 0.369 e. The summed E-state index contributed by atoms with van der Waals surface area (Å²) in [6, 6.07) is 15.0. The van der Waals surface area contributed by atoms with E-state index in [9.17, 15) is 8.42 Å². The molecule has 0 aliphatic carbocycles. The number of nitrogens with zero attached hydrogens (tertiary/aromatic N) is 5. The van der Waals surface area contributed by atoms with Crippen LogP contribution in [0.15, 0.2) is 59.6 Å². The molecule has 0 unspecified atom stereocenters. The van der Waals surface area contributed by atoms with Crippen molar-refractivity contribution in [1.29, 1.82) is 0 Å². The molecule has 0 atom stereocenters. The Morgan fingerprint density at radius 1 is 0.941 bits per heavy atom. The molecule has 1 saturated heterocycles. The van der Waals surface area contributed by atoms with E-state index in [0.717, 1.165) is 37.4 Å². The van der Waals surface area contributed by atoms with Crippen molar-refractivity contribution in [3.8, 4) is 0 Å². The highest BCUT2D eigenvalue weighted by Gasteiger charge is 2.21. The average Bonchev–Trinajstić information content (AvgIpc) is 2.82. The lowest BCUT2D eigenvalue weighted by molar-refractivity contribution is 0.313. The van der Waals surface area contributed by atoms with Gasteiger partial charge < -0.3 is 20.4 Å². The molecule has 2 N–H and O–H groups in total. The van der Waals surface area contributed by atoms with Gasteiger partial charge in [0, 0.05) is 63.4 Å². The minimum Gasteiger partial charge on any atom is -0.369 e. The second-order valence-electron chi connectivity index (χ2n) is 8.60. The number of aryl methyl sites for hydroxylation is 1. The molecule has 0 radical (unpaired) electrons. The number of likely N-dealkylation sites (N-methyl/N-ethyl adjacent to an activating group) is 1. The summed E-state index contributed by atoms with van der Waals surface area (Å²) in [4.78, 5) is 13.9. The van der Waals surface area contributed by atoms with Gasteiger partial charge in [-0.25, -0.2) is 17.7 Å². The standard InChI is InChI=1S/C24H31N7O2S/c1-18-17-25-24(26-19-9-11-20(12-10-19)31-15-13-30(4)14-16-31)28-23(18)27-21-7-5-6-8-22(21)34(32,33)29(2)3/h5-12,17H,13-16H2,1-4H3,(H2,25,26,27,28). The number of hydrogen-bond acceptors (Lipinski definition) is 8. The van der Waals surface area contributed by atoms with Crippen molar-refractivity contribution >= 4 is 38.9 Å². The molecule has 1 aliphatic rings. The minimum absolute atomic E-state index is 0.187. The maximum Gasteiger partial charge on any atom is 0.244 e. The van der Waals surface area contributed by atoms with Crippen LogP contribution in [-0.2, 0) is 10.0 Å². The fourth-order valence-electron chi connectivity index (χ4n) is 3.70. The summed E-state index contributed by atoms with van der Waals surface area (Å²) >= 11 is 0. The first kappa shape index (κ1) is 23.9. The SMILES string of the molecule is Cc1cnc(Nc2ccc(N3CCN(C)CC3)cc2)nc1Nc1ccccc1S(=O)(=O)N(C)C. The maximum absolute atomic E-state index is 12.7. The molecule has 10 heteroatoms. The van der Waals surface area contributed by atoms with Crippen LogP contribution in [0.3, 0.4) is 0 Å². The van der Waals surface area contributed by atoms with Crippen molar-refractivity contribution < 1.29 is 8.42 Å². The highest BCUT2D eigenvalue weighted by Crippen LogP contribution is 2.28. The van der Waals surface area contributed by atoms with Crippen LogP contribution < -0.4 is 15.5 Å². The van der Waals surface area contributed by atoms with Crippen molar-refractivity contribution in [2.75, 3.05) is 62.9 Å². The van der Waals surface area contributed by atoms with E-state index in [1.54, 1.807) is 30.5 Å². The van der Waals surface area contributed by atoms with Gasteiger partial charge >= 0.3 is 0 Å². The van der Waals surface area contributed by atoms with Gasteiger partial charge in [-0.3, -0.25) is 0 Å². The van der Waals surface area contributed by atoms with Gasteiger partial charge in [0.1, 0.15) is 10.7 Å². The summed E-state index contributed by atoms with van der Waals surface area (Å²) in [6.07, 6.45) is 1.71. The molecule has 0 saturated carbocycles. The monoisotopic (exact) mass is 481 g/mol. The Morgan fingerprint density at radius 3 is 2.29 bits per heavy atom. The number of para-hydroxylation sites is 1. The highest BCUT2D eigenvalue weighted by molar-refractivity contribution is 7.89. The van der Waals surface area contributed by atoms with E-state index in [1.165, 1.54) is 24.1 Å². The van der Waals surface area contributed by atoms with E-state index in [0.29, 0.717) is 17.5 Å². The molecule has 2 aromatic carbocycles. The van der Waals surface area contributed by atoms with E-state index in [-0.39, 0.29) is 4.90 Å². The molecule has 2 heterocycles. The molecule has 1 aromatic heterocycles. The molecule has 0 bridgehead atoms. The summed E-state index contributed by atoms with van der Waals surface area (Å²) in [5.41, 5.74) is 3.33. The van der Waals surface area contributed by atoms with Crippen molar-refractivity contribution in [3.05, 3.63) is 60.3 Å². The fourth-order valence-corrected chi connectivity index (χ4v) is 4.74. The zero-order chi connectivity index (χ0) is 24.3. The number of sulfonamides is 1. The Morgan fingerprint density at radius 2 is 1.62 bits per heavy atom. The number of benzene rings is 2. The second-order valence-corrected chi connectivity index (χ2v) is 10.7. The minimum atomic E-state index is -3.61. The van der Waals surface area contributed by atoms with Crippen molar-refractivity contribution in [2.45, 2.75) is 11.8 Å². The molecule has 34 heavy (non-hydrogen) atoms. The normalized spacial score (nSPS) is 14.9. The third-order valence-corrected chi connectivity index (χ3v) is 7.74. The Hall–Kier alpha value is -3.21. The Balaban J connectivity index is 1.52. The van der Waals surface area contributed by atoms with Crippen LogP contribution in [0.25, 0.3) is 0 Å². The number of piperazine rings is 1. The topological polar surface area (TPSA) is 93.7 Å². The smallest absolute Gasteiger partial charge is 0.244 e. The predicted molar refractivity (Wildman–Crippen MR) is 137 cm³/mol. The van der Waals surface area contributed by atoms with Gasteiger partial charge in [-0.15, -0.1) is 0 Å². The van der Waals surface area contributed by atoms with E-state index in [2.05, 4.69) is 49.6 Å². The number of anilines is 5.